The molecule has 0 aliphatic rings. The zero-order chi connectivity index (χ0) is 16.7. The van der Waals surface area contributed by atoms with Gasteiger partial charge in [-0.3, -0.25) is 10.1 Å². The minimum atomic E-state index is -0.454. The van der Waals surface area contributed by atoms with E-state index in [1.807, 2.05) is 6.92 Å². The fraction of sp³-hybridized carbons (Fsp3) is 0.500. The van der Waals surface area contributed by atoms with E-state index in [0.717, 1.165) is 25.7 Å². The molecule has 0 N–H and O–H groups in total. The smallest absolute Gasteiger partial charge is 0.278 e. The van der Waals surface area contributed by atoms with E-state index in [9.17, 15) is 10.1 Å². The molecule has 0 spiro atoms. The number of aromatic nitrogens is 2. The molecule has 1 heterocycles. The van der Waals surface area contributed by atoms with Gasteiger partial charge in [-0.25, -0.2) is 9.97 Å². The summed E-state index contributed by atoms with van der Waals surface area (Å²) in [7, 11) is 0. The molecule has 0 aliphatic heterocycles. The van der Waals surface area contributed by atoms with Gasteiger partial charge >= 0.3 is 0 Å². The van der Waals surface area contributed by atoms with Crippen LogP contribution in [0.1, 0.15) is 39.5 Å². The van der Waals surface area contributed by atoms with E-state index < -0.39 is 4.92 Å². The fourth-order valence-corrected chi connectivity index (χ4v) is 2.03. The number of fused-ring (bicyclic) bond motifs is 1. The molecule has 0 unspecified atom stereocenters. The summed E-state index contributed by atoms with van der Waals surface area (Å²) in [6.07, 6.45) is 3.92. The van der Waals surface area contributed by atoms with Crippen molar-refractivity contribution in [1.82, 2.24) is 9.97 Å². The summed E-state index contributed by atoms with van der Waals surface area (Å²) in [6.45, 7) is 5.15. The van der Waals surface area contributed by atoms with Gasteiger partial charge in [0.05, 0.1) is 29.2 Å². The molecule has 0 bridgehead atoms. The largest absolute Gasteiger partial charge is 0.474 e. The lowest BCUT2D eigenvalue weighted by Gasteiger charge is -2.11. The van der Waals surface area contributed by atoms with E-state index in [1.54, 1.807) is 6.07 Å². The molecule has 7 nitrogen and oxygen atoms in total. The molecule has 0 saturated heterocycles. The zero-order valence-corrected chi connectivity index (χ0v) is 13.4. The van der Waals surface area contributed by atoms with Crippen molar-refractivity contribution in [3.8, 4) is 11.8 Å². The average Bonchev–Trinajstić information content (AvgIpc) is 2.56. The molecule has 1 aromatic heterocycles. The van der Waals surface area contributed by atoms with E-state index in [-0.39, 0.29) is 5.69 Å². The Labute approximate surface area is 134 Å². The Morgan fingerprint density at radius 2 is 1.70 bits per heavy atom. The maximum atomic E-state index is 10.9. The van der Waals surface area contributed by atoms with Gasteiger partial charge in [0.2, 0.25) is 0 Å². The van der Waals surface area contributed by atoms with Gasteiger partial charge in [-0.15, -0.1) is 0 Å². The maximum Gasteiger partial charge on any atom is 0.278 e. The first kappa shape index (κ1) is 16.9. The van der Waals surface area contributed by atoms with Gasteiger partial charge in [-0.2, -0.15) is 0 Å². The highest BCUT2D eigenvalue weighted by atomic mass is 16.6. The third-order valence-electron chi connectivity index (χ3n) is 3.23. The Hall–Kier alpha value is -2.44. The van der Waals surface area contributed by atoms with Crippen molar-refractivity contribution in [2.75, 3.05) is 13.2 Å². The number of benzene rings is 1. The first-order valence-corrected chi connectivity index (χ1v) is 7.87. The van der Waals surface area contributed by atoms with Crippen molar-refractivity contribution in [2.45, 2.75) is 39.5 Å². The highest BCUT2D eigenvalue weighted by Gasteiger charge is 2.14. The van der Waals surface area contributed by atoms with Crippen LogP contribution in [0.25, 0.3) is 11.0 Å². The van der Waals surface area contributed by atoms with Crippen molar-refractivity contribution >= 4 is 16.7 Å². The molecule has 2 rings (SSSR count). The predicted molar refractivity (Wildman–Crippen MR) is 87.0 cm³/mol. The van der Waals surface area contributed by atoms with Crippen molar-refractivity contribution in [3.05, 3.63) is 28.3 Å². The topological polar surface area (TPSA) is 87.4 Å². The number of nitrogens with zero attached hydrogens (tertiary/aromatic N) is 3. The molecular formula is C16H21N3O4. The van der Waals surface area contributed by atoms with Crippen LogP contribution in [-0.2, 0) is 0 Å². The third-order valence-corrected chi connectivity index (χ3v) is 3.23. The van der Waals surface area contributed by atoms with Gasteiger partial charge in [0.25, 0.3) is 17.4 Å². The summed E-state index contributed by atoms with van der Waals surface area (Å²) in [6, 6.07) is 4.37. The summed E-state index contributed by atoms with van der Waals surface area (Å²) in [5.74, 6) is 0.632. The molecule has 0 saturated carbocycles. The molecule has 0 aliphatic carbocycles. The number of non-ortho nitro benzene ring substituents is 1. The number of unbranched alkanes of at least 4 members (excludes halogenated alkanes) is 2. The van der Waals surface area contributed by atoms with E-state index in [4.69, 9.17) is 9.47 Å². The molecule has 0 atom stereocenters. The minimum absolute atomic E-state index is 0.0223. The lowest BCUT2D eigenvalue weighted by Crippen LogP contribution is -2.06. The monoisotopic (exact) mass is 319 g/mol. The molecule has 2 aromatic rings. The van der Waals surface area contributed by atoms with Crippen molar-refractivity contribution in [1.29, 1.82) is 0 Å². The molecule has 124 valence electrons. The van der Waals surface area contributed by atoms with Gasteiger partial charge < -0.3 is 9.47 Å². The highest BCUT2D eigenvalue weighted by Crippen LogP contribution is 2.28. The second-order valence-electron chi connectivity index (χ2n) is 5.17. The average molecular weight is 319 g/mol. The standard InChI is InChI=1S/C16H21N3O4/c1-3-5-6-10-23-16-15(22-9-4-2)17-13-8-7-12(19(20)21)11-14(13)18-16/h7-8,11H,3-6,9-10H2,1-2H3. The van der Waals surface area contributed by atoms with Crippen LogP contribution >= 0.6 is 0 Å². The summed E-state index contributed by atoms with van der Waals surface area (Å²) in [5, 5.41) is 10.9. The first-order chi connectivity index (χ1) is 11.2. The van der Waals surface area contributed by atoms with Crippen LogP contribution in [0.4, 0.5) is 5.69 Å². The van der Waals surface area contributed by atoms with Gasteiger partial charge in [-0.05, 0) is 18.9 Å². The molecule has 0 amide bonds. The molecule has 1 aromatic carbocycles. The lowest BCUT2D eigenvalue weighted by molar-refractivity contribution is -0.384. The Morgan fingerprint density at radius 1 is 1.00 bits per heavy atom. The van der Waals surface area contributed by atoms with Crippen LogP contribution < -0.4 is 9.47 Å². The zero-order valence-electron chi connectivity index (χ0n) is 13.4. The minimum Gasteiger partial charge on any atom is -0.474 e. The van der Waals surface area contributed by atoms with E-state index >= 15 is 0 Å². The molecule has 0 fully saturated rings. The Morgan fingerprint density at radius 3 is 2.35 bits per heavy atom. The normalized spacial score (nSPS) is 10.7. The summed E-state index contributed by atoms with van der Waals surface area (Å²) >= 11 is 0. The van der Waals surface area contributed by atoms with E-state index in [1.165, 1.54) is 12.1 Å². The van der Waals surface area contributed by atoms with Crippen LogP contribution in [0.2, 0.25) is 0 Å². The lowest BCUT2D eigenvalue weighted by atomic mass is 10.2. The number of hydrogen-bond acceptors (Lipinski definition) is 6. The Bertz CT molecular complexity index is 676. The van der Waals surface area contributed by atoms with E-state index in [0.29, 0.717) is 36.0 Å². The molecule has 7 heteroatoms. The van der Waals surface area contributed by atoms with Crippen molar-refractivity contribution in [3.63, 3.8) is 0 Å². The fourth-order valence-electron chi connectivity index (χ4n) is 2.03. The second-order valence-corrected chi connectivity index (χ2v) is 5.17. The number of rotatable bonds is 9. The number of ether oxygens (including phenoxy) is 2. The quantitative estimate of drug-likeness (QED) is 0.396. The molecular weight excluding hydrogens is 298 g/mol. The van der Waals surface area contributed by atoms with Gasteiger partial charge in [-0.1, -0.05) is 26.7 Å². The highest BCUT2D eigenvalue weighted by molar-refractivity contribution is 5.78. The van der Waals surface area contributed by atoms with Gasteiger partial charge in [0.15, 0.2) is 0 Å². The van der Waals surface area contributed by atoms with Crippen molar-refractivity contribution < 1.29 is 14.4 Å². The van der Waals surface area contributed by atoms with Crippen LogP contribution in [-0.4, -0.2) is 28.1 Å². The van der Waals surface area contributed by atoms with E-state index in [2.05, 4.69) is 16.9 Å². The van der Waals surface area contributed by atoms with Crippen LogP contribution in [0.3, 0.4) is 0 Å². The summed E-state index contributed by atoms with van der Waals surface area (Å²) in [4.78, 5) is 19.2. The molecule has 0 radical (unpaired) electrons. The Balaban J connectivity index is 2.31. The van der Waals surface area contributed by atoms with Crippen LogP contribution in [0.5, 0.6) is 11.8 Å². The molecule has 23 heavy (non-hydrogen) atoms. The van der Waals surface area contributed by atoms with Crippen LogP contribution in [0, 0.1) is 10.1 Å². The van der Waals surface area contributed by atoms with Gasteiger partial charge in [0.1, 0.15) is 0 Å². The number of nitro benzene ring substituents is 1. The second kappa shape index (κ2) is 8.26. The Kier molecular flexibility index (Phi) is 6.08. The first-order valence-electron chi connectivity index (χ1n) is 7.87. The van der Waals surface area contributed by atoms with Gasteiger partial charge in [0, 0.05) is 12.1 Å². The SMILES string of the molecule is CCCCCOc1nc2cc([N+](=O)[O-])ccc2nc1OCCC. The maximum absolute atomic E-state index is 10.9. The number of nitro groups is 1. The van der Waals surface area contributed by atoms with Crippen molar-refractivity contribution in [2.24, 2.45) is 0 Å². The summed E-state index contributed by atoms with van der Waals surface area (Å²) < 4.78 is 11.3. The predicted octanol–water partition coefficient (Wildman–Crippen LogP) is 3.90. The third kappa shape index (κ3) is 4.51. The number of hydrogen-bond donors (Lipinski definition) is 0. The summed E-state index contributed by atoms with van der Waals surface area (Å²) in [5.41, 5.74) is 0.946. The van der Waals surface area contributed by atoms with Crippen LogP contribution in [0.15, 0.2) is 18.2 Å².